The van der Waals surface area contributed by atoms with Crippen LogP contribution in [0.25, 0.3) is 16.0 Å². The molecule has 37 heavy (non-hydrogen) atoms. The maximum absolute atomic E-state index is 13.4. The van der Waals surface area contributed by atoms with Gasteiger partial charge in [-0.3, -0.25) is 14.5 Å². The highest BCUT2D eigenvalue weighted by Gasteiger charge is 2.48. The lowest BCUT2D eigenvalue weighted by Crippen LogP contribution is -2.29. The molecule has 2 heterocycles. The second-order valence-corrected chi connectivity index (χ2v) is 10.4. The number of halogens is 1. The Kier molecular flexibility index (Phi) is 6.99. The van der Waals surface area contributed by atoms with Gasteiger partial charge in [0.2, 0.25) is 0 Å². The predicted molar refractivity (Wildman–Crippen MR) is 147 cm³/mol. The average Bonchev–Trinajstić information content (AvgIpc) is 3.45. The van der Waals surface area contributed by atoms with Gasteiger partial charge in [0.15, 0.2) is 5.13 Å². The van der Waals surface area contributed by atoms with E-state index in [0.717, 1.165) is 15.6 Å². The molecule has 1 aromatic heterocycles. The molecule has 7 nitrogen and oxygen atoms in total. The third kappa shape index (κ3) is 4.72. The molecule has 3 aromatic carbocycles. The number of nitrogens with zero attached hydrogens (tertiary/aromatic N) is 2. The highest BCUT2D eigenvalue weighted by molar-refractivity contribution is 9.10. The lowest BCUT2D eigenvalue weighted by molar-refractivity contribution is -0.132. The minimum absolute atomic E-state index is 0.00296. The summed E-state index contributed by atoms with van der Waals surface area (Å²) in [5.41, 5.74) is 1.73. The lowest BCUT2D eigenvalue weighted by Gasteiger charge is -2.23. The summed E-state index contributed by atoms with van der Waals surface area (Å²) in [7, 11) is 1.58. The number of Topliss-reactive ketones (excluding diaryl/α,β-unsaturated/α-hetero) is 1. The van der Waals surface area contributed by atoms with Crippen molar-refractivity contribution in [1.82, 2.24) is 4.98 Å². The molecule has 0 saturated carbocycles. The molecule has 1 fully saturated rings. The lowest BCUT2D eigenvalue weighted by atomic mass is 9.95. The van der Waals surface area contributed by atoms with Gasteiger partial charge in [0.1, 0.15) is 17.3 Å². The van der Waals surface area contributed by atoms with E-state index in [4.69, 9.17) is 9.47 Å². The number of hydrogen-bond donors (Lipinski definition) is 1. The number of ketones is 1. The number of aliphatic hydroxyl groups excluding tert-OH is 1. The van der Waals surface area contributed by atoms with Crippen LogP contribution in [0.2, 0.25) is 0 Å². The van der Waals surface area contributed by atoms with Crippen LogP contribution in [0.5, 0.6) is 11.5 Å². The molecule has 1 saturated heterocycles. The van der Waals surface area contributed by atoms with Gasteiger partial charge < -0.3 is 14.6 Å². The van der Waals surface area contributed by atoms with Crippen molar-refractivity contribution >= 4 is 60.1 Å². The van der Waals surface area contributed by atoms with E-state index in [1.807, 2.05) is 37.3 Å². The number of carbonyl (C=O) groups is 2. The fourth-order valence-electron chi connectivity index (χ4n) is 4.22. The normalized spacial score (nSPS) is 16.9. The average molecular weight is 579 g/mol. The number of aromatic nitrogens is 1. The van der Waals surface area contributed by atoms with Crippen molar-refractivity contribution in [2.75, 3.05) is 18.6 Å². The number of benzene rings is 3. The van der Waals surface area contributed by atoms with Gasteiger partial charge in [0, 0.05) is 10.0 Å². The van der Waals surface area contributed by atoms with Crippen LogP contribution in [0.15, 0.2) is 76.8 Å². The fourth-order valence-corrected chi connectivity index (χ4v) is 5.51. The minimum Gasteiger partial charge on any atom is -0.507 e. The SMILES string of the molecule is CCCOc1cccc(C(O)=C2C(=O)C(=O)N(c3nc4ccc(OC)cc4s3)C2c2ccc(Br)cc2)c1. The molecule has 1 N–H and O–H groups in total. The van der Waals surface area contributed by atoms with E-state index in [1.165, 1.54) is 16.2 Å². The van der Waals surface area contributed by atoms with E-state index in [0.29, 0.717) is 39.9 Å². The van der Waals surface area contributed by atoms with Crippen LogP contribution in [0.1, 0.15) is 30.5 Å². The monoisotopic (exact) mass is 578 g/mol. The van der Waals surface area contributed by atoms with E-state index in [1.54, 1.807) is 43.5 Å². The number of rotatable bonds is 7. The van der Waals surface area contributed by atoms with Gasteiger partial charge in [-0.2, -0.15) is 0 Å². The number of fused-ring (bicyclic) bond motifs is 1. The van der Waals surface area contributed by atoms with Gasteiger partial charge in [-0.1, -0.05) is 58.5 Å². The number of ether oxygens (including phenoxy) is 2. The fraction of sp³-hybridized carbons (Fsp3) is 0.179. The first-order chi connectivity index (χ1) is 17.9. The quantitative estimate of drug-likeness (QED) is 0.153. The van der Waals surface area contributed by atoms with Crippen molar-refractivity contribution in [3.8, 4) is 11.5 Å². The zero-order valence-corrected chi connectivity index (χ0v) is 22.5. The molecular formula is C28H23BrN2O5S. The molecule has 1 atom stereocenters. The topological polar surface area (TPSA) is 89.0 Å². The smallest absolute Gasteiger partial charge is 0.301 e. The van der Waals surface area contributed by atoms with Gasteiger partial charge in [-0.05, 0) is 54.4 Å². The second-order valence-electron chi connectivity index (χ2n) is 8.43. The first-order valence-corrected chi connectivity index (χ1v) is 13.3. The third-order valence-corrected chi connectivity index (χ3v) is 7.55. The predicted octanol–water partition coefficient (Wildman–Crippen LogP) is 6.48. The molecule has 0 spiro atoms. The Balaban J connectivity index is 1.67. The van der Waals surface area contributed by atoms with E-state index < -0.39 is 17.7 Å². The Labute approximate surface area is 226 Å². The van der Waals surface area contributed by atoms with Crippen LogP contribution < -0.4 is 14.4 Å². The first kappa shape index (κ1) is 25.0. The summed E-state index contributed by atoms with van der Waals surface area (Å²) in [4.78, 5) is 32.9. The number of carbonyl (C=O) groups excluding carboxylic acids is 2. The van der Waals surface area contributed by atoms with Crippen LogP contribution in [0.3, 0.4) is 0 Å². The molecule has 1 aliphatic heterocycles. The number of amides is 1. The molecule has 1 unspecified atom stereocenters. The minimum atomic E-state index is -0.865. The molecule has 1 aliphatic rings. The number of hydrogen-bond acceptors (Lipinski definition) is 7. The summed E-state index contributed by atoms with van der Waals surface area (Å²) >= 11 is 4.72. The Morgan fingerprint density at radius 3 is 2.59 bits per heavy atom. The highest BCUT2D eigenvalue weighted by Crippen LogP contribution is 2.45. The molecule has 5 rings (SSSR count). The molecule has 0 radical (unpaired) electrons. The number of methoxy groups -OCH3 is 1. The standard InChI is InChI=1S/C28H23BrN2O5S/c1-3-13-36-20-6-4-5-17(14-20)25(32)23-24(16-7-9-18(29)10-8-16)31(27(34)26(23)33)28-30-21-12-11-19(35-2)15-22(21)37-28/h4-12,14-15,24,32H,3,13H2,1-2H3. The molecule has 9 heteroatoms. The zero-order valence-electron chi connectivity index (χ0n) is 20.1. The van der Waals surface area contributed by atoms with Gasteiger partial charge >= 0.3 is 5.91 Å². The van der Waals surface area contributed by atoms with Crippen LogP contribution >= 0.6 is 27.3 Å². The van der Waals surface area contributed by atoms with E-state index >= 15 is 0 Å². The maximum atomic E-state index is 13.4. The molecular weight excluding hydrogens is 556 g/mol. The van der Waals surface area contributed by atoms with Gasteiger partial charge in [0.05, 0.1) is 35.5 Å². The second kappa shape index (κ2) is 10.4. The summed E-state index contributed by atoms with van der Waals surface area (Å²) in [6.45, 7) is 2.53. The summed E-state index contributed by atoms with van der Waals surface area (Å²) in [5, 5.41) is 11.8. The summed E-state index contributed by atoms with van der Waals surface area (Å²) < 4.78 is 12.7. The molecule has 0 bridgehead atoms. The van der Waals surface area contributed by atoms with Gasteiger partial charge in [0.25, 0.3) is 5.78 Å². The first-order valence-electron chi connectivity index (χ1n) is 11.7. The Morgan fingerprint density at radius 1 is 1.08 bits per heavy atom. The van der Waals surface area contributed by atoms with Crippen molar-refractivity contribution in [2.45, 2.75) is 19.4 Å². The molecule has 188 valence electrons. The van der Waals surface area contributed by atoms with Crippen LogP contribution in [-0.2, 0) is 9.59 Å². The molecule has 0 aliphatic carbocycles. The Bertz CT molecular complexity index is 1530. The maximum Gasteiger partial charge on any atom is 0.301 e. The Hall–Kier alpha value is -3.69. The summed E-state index contributed by atoms with van der Waals surface area (Å²) in [6, 6.07) is 18.7. The van der Waals surface area contributed by atoms with Crippen LogP contribution in [-0.4, -0.2) is 35.5 Å². The summed E-state index contributed by atoms with van der Waals surface area (Å²) in [5.74, 6) is -0.556. The van der Waals surface area contributed by atoms with Crippen molar-refractivity contribution in [3.05, 3.63) is 87.9 Å². The third-order valence-electron chi connectivity index (χ3n) is 6.00. The van der Waals surface area contributed by atoms with Crippen LogP contribution in [0.4, 0.5) is 5.13 Å². The number of aliphatic hydroxyl groups is 1. The van der Waals surface area contributed by atoms with Crippen molar-refractivity contribution < 1.29 is 24.2 Å². The van der Waals surface area contributed by atoms with Crippen LogP contribution in [0, 0.1) is 0 Å². The molecule has 1 amide bonds. The van der Waals surface area contributed by atoms with Crippen molar-refractivity contribution in [2.24, 2.45) is 0 Å². The van der Waals surface area contributed by atoms with Crippen molar-refractivity contribution in [1.29, 1.82) is 0 Å². The van der Waals surface area contributed by atoms with E-state index in [9.17, 15) is 14.7 Å². The molecule has 4 aromatic rings. The highest BCUT2D eigenvalue weighted by atomic mass is 79.9. The number of anilines is 1. The van der Waals surface area contributed by atoms with Gasteiger partial charge in [-0.15, -0.1) is 0 Å². The number of thiazole rings is 1. The summed E-state index contributed by atoms with van der Waals surface area (Å²) in [6.07, 6.45) is 0.832. The van der Waals surface area contributed by atoms with Crippen molar-refractivity contribution in [3.63, 3.8) is 0 Å². The largest absolute Gasteiger partial charge is 0.507 e. The zero-order chi connectivity index (χ0) is 26.1. The van der Waals surface area contributed by atoms with Gasteiger partial charge in [-0.25, -0.2) is 4.98 Å². The Morgan fingerprint density at radius 2 is 1.86 bits per heavy atom. The van der Waals surface area contributed by atoms with E-state index in [-0.39, 0.29) is 11.3 Å². The van der Waals surface area contributed by atoms with E-state index in [2.05, 4.69) is 20.9 Å².